The van der Waals surface area contributed by atoms with Gasteiger partial charge in [0.2, 0.25) is 0 Å². The van der Waals surface area contributed by atoms with Gasteiger partial charge in [0.1, 0.15) is 0 Å². The molecule has 2 aromatic heterocycles. The summed E-state index contributed by atoms with van der Waals surface area (Å²) < 4.78 is 5.35. The molecule has 0 saturated carbocycles. The van der Waals surface area contributed by atoms with E-state index in [4.69, 9.17) is 10.3 Å². The van der Waals surface area contributed by atoms with E-state index in [1.807, 2.05) is 23.6 Å². The first kappa shape index (κ1) is 11.0. The minimum absolute atomic E-state index is 0.318. The van der Waals surface area contributed by atoms with Crippen LogP contribution in [0.4, 0.5) is 0 Å². The number of likely N-dealkylation sites (tertiary alicyclic amines) is 1. The minimum atomic E-state index is 0.318. The lowest BCUT2D eigenvalue weighted by atomic mass is 10.3. The molecule has 1 aliphatic heterocycles. The molecule has 3 heterocycles. The summed E-state index contributed by atoms with van der Waals surface area (Å²) in [5.74, 6) is 0.860. The highest BCUT2D eigenvalue weighted by Gasteiger charge is 2.20. The maximum absolute atomic E-state index is 5.88. The van der Waals surface area contributed by atoms with Crippen molar-refractivity contribution in [3.8, 4) is 10.6 Å². The van der Waals surface area contributed by atoms with Gasteiger partial charge in [0, 0.05) is 31.7 Å². The zero-order valence-corrected chi connectivity index (χ0v) is 10.3. The highest BCUT2D eigenvalue weighted by atomic mass is 32.1. The fourth-order valence-electron chi connectivity index (χ4n) is 2.16. The van der Waals surface area contributed by atoms with Crippen molar-refractivity contribution in [2.45, 2.75) is 19.0 Å². The number of aromatic nitrogens is 1. The van der Waals surface area contributed by atoms with E-state index in [9.17, 15) is 0 Å². The van der Waals surface area contributed by atoms with Gasteiger partial charge < -0.3 is 10.3 Å². The fraction of sp³-hybridized carbons (Fsp3) is 0.417. The molecule has 2 aromatic rings. The van der Waals surface area contributed by atoms with Crippen molar-refractivity contribution in [2.75, 3.05) is 13.1 Å². The molecule has 3 rings (SSSR count). The smallest absolute Gasteiger partial charge is 0.177 e. The quantitative estimate of drug-likeness (QED) is 0.903. The van der Waals surface area contributed by atoms with Crippen LogP contribution in [-0.2, 0) is 6.54 Å². The Balaban J connectivity index is 1.69. The first-order valence-corrected chi connectivity index (χ1v) is 6.66. The second kappa shape index (κ2) is 4.60. The highest BCUT2D eigenvalue weighted by molar-refractivity contribution is 7.13. The Morgan fingerprint density at radius 1 is 1.59 bits per heavy atom. The first-order chi connectivity index (χ1) is 8.31. The van der Waals surface area contributed by atoms with Crippen LogP contribution in [-0.4, -0.2) is 29.2 Å². The van der Waals surface area contributed by atoms with Crippen molar-refractivity contribution in [2.24, 2.45) is 5.73 Å². The van der Waals surface area contributed by atoms with Gasteiger partial charge in [-0.2, -0.15) is 0 Å². The van der Waals surface area contributed by atoms with Crippen LogP contribution in [0.2, 0.25) is 0 Å². The normalized spacial score (nSPS) is 21.1. The zero-order chi connectivity index (χ0) is 11.7. The van der Waals surface area contributed by atoms with Crippen LogP contribution in [0.3, 0.4) is 0 Å². The number of nitrogens with two attached hydrogens (primary N) is 1. The molecule has 0 bridgehead atoms. The van der Waals surface area contributed by atoms with Crippen LogP contribution in [0.1, 0.15) is 12.1 Å². The van der Waals surface area contributed by atoms with Crippen LogP contribution in [0, 0.1) is 0 Å². The van der Waals surface area contributed by atoms with Crippen LogP contribution in [0.15, 0.2) is 28.1 Å². The Kier molecular flexibility index (Phi) is 2.96. The third-order valence-electron chi connectivity index (χ3n) is 3.02. The summed E-state index contributed by atoms with van der Waals surface area (Å²) in [5, 5.41) is 6.15. The molecule has 17 heavy (non-hydrogen) atoms. The lowest BCUT2D eigenvalue weighted by Crippen LogP contribution is -2.26. The van der Waals surface area contributed by atoms with Crippen molar-refractivity contribution in [3.63, 3.8) is 0 Å². The summed E-state index contributed by atoms with van der Waals surface area (Å²) in [6.45, 7) is 2.85. The van der Waals surface area contributed by atoms with Crippen LogP contribution in [0.5, 0.6) is 0 Å². The Hall–Kier alpha value is -1.17. The molecule has 2 N–H and O–H groups in total. The van der Waals surface area contributed by atoms with E-state index in [0.29, 0.717) is 6.04 Å². The third kappa shape index (κ3) is 2.41. The van der Waals surface area contributed by atoms with E-state index in [1.54, 1.807) is 11.3 Å². The summed E-state index contributed by atoms with van der Waals surface area (Å²) in [6, 6.07) is 6.40. The van der Waals surface area contributed by atoms with Gasteiger partial charge in [-0.15, -0.1) is 11.3 Å². The van der Waals surface area contributed by atoms with Crippen LogP contribution in [0.25, 0.3) is 10.6 Å². The lowest BCUT2D eigenvalue weighted by Gasteiger charge is -2.11. The molecule has 1 fully saturated rings. The molecule has 90 valence electrons. The second-order valence-corrected chi connectivity index (χ2v) is 5.39. The molecule has 1 aliphatic rings. The predicted octanol–water partition coefficient (Wildman–Crippen LogP) is 1.94. The standard InChI is InChI=1S/C12H15N3OS/c13-9-3-4-15(7-9)8-10-6-11(16-14-10)12-2-1-5-17-12/h1-2,5-6,9H,3-4,7-8,13H2/t9-/m1/s1. The summed E-state index contributed by atoms with van der Waals surface area (Å²) in [7, 11) is 0. The number of thiophene rings is 1. The maximum atomic E-state index is 5.88. The van der Waals surface area contributed by atoms with E-state index in [-0.39, 0.29) is 0 Å². The largest absolute Gasteiger partial charge is 0.355 e. The second-order valence-electron chi connectivity index (χ2n) is 4.44. The number of rotatable bonds is 3. The van der Waals surface area contributed by atoms with Gasteiger partial charge in [-0.1, -0.05) is 11.2 Å². The van der Waals surface area contributed by atoms with Gasteiger partial charge in [0.25, 0.3) is 0 Å². The summed E-state index contributed by atoms with van der Waals surface area (Å²) in [6.07, 6.45) is 1.08. The SMILES string of the molecule is N[C@@H]1CCN(Cc2cc(-c3cccs3)on2)C1. The molecule has 5 heteroatoms. The number of nitrogens with zero attached hydrogens (tertiary/aromatic N) is 2. The fourth-order valence-corrected chi connectivity index (χ4v) is 2.83. The topological polar surface area (TPSA) is 55.3 Å². The third-order valence-corrected chi connectivity index (χ3v) is 3.90. The molecule has 0 amide bonds. The average molecular weight is 249 g/mol. The number of hydrogen-bond acceptors (Lipinski definition) is 5. The van der Waals surface area contributed by atoms with E-state index in [1.165, 1.54) is 0 Å². The zero-order valence-electron chi connectivity index (χ0n) is 9.50. The summed E-state index contributed by atoms with van der Waals surface area (Å²) in [5.41, 5.74) is 6.87. The number of hydrogen-bond donors (Lipinski definition) is 1. The van der Waals surface area contributed by atoms with E-state index >= 15 is 0 Å². The van der Waals surface area contributed by atoms with E-state index in [0.717, 1.165) is 42.4 Å². The molecule has 0 aliphatic carbocycles. The van der Waals surface area contributed by atoms with Crippen LogP contribution >= 0.6 is 11.3 Å². The van der Waals surface area contributed by atoms with Gasteiger partial charge in [0.15, 0.2) is 5.76 Å². The Morgan fingerprint density at radius 3 is 3.24 bits per heavy atom. The monoisotopic (exact) mass is 249 g/mol. The van der Waals surface area contributed by atoms with Gasteiger partial charge in [-0.25, -0.2) is 0 Å². The Morgan fingerprint density at radius 2 is 2.53 bits per heavy atom. The van der Waals surface area contributed by atoms with Gasteiger partial charge in [0.05, 0.1) is 10.6 Å². The molecule has 0 spiro atoms. The summed E-state index contributed by atoms with van der Waals surface area (Å²) in [4.78, 5) is 3.45. The molecule has 0 unspecified atom stereocenters. The first-order valence-electron chi connectivity index (χ1n) is 5.78. The molecule has 1 saturated heterocycles. The van der Waals surface area contributed by atoms with Crippen molar-refractivity contribution >= 4 is 11.3 Å². The van der Waals surface area contributed by atoms with Crippen molar-refractivity contribution in [1.29, 1.82) is 0 Å². The maximum Gasteiger partial charge on any atom is 0.177 e. The van der Waals surface area contributed by atoms with E-state index < -0.39 is 0 Å². The Labute approximate surface area is 104 Å². The molecule has 4 nitrogen and oxygen atoms in total. The van der Waals surface area contributed by atoms with Crippen molar-refractivity contribution in [3.05, 3.63) is 29.3 Å². The average Bonchev–Trinajstić information content (AvgIpc) is 3.00. The molecule has 0 aromatic carbocycles. The molecule has 1 atom stereocenters. The van der Waals surface area contributed by atoms with Crippen molar-refractivity contribution < 1.29 is 4.52 Å². The molecule has 0 radical (unpaired) electrons. The predicted molar refractivity (Wildman–Crippen MR) is 67.7 cm³/mol. The van der Waals surface area contributed by atoms with Crippen molar-refractivity contribution in [1.82, 2.24) is 10.1 Å². The minimum Gasteiger partial charge on any atom is -0.355 e. The molecular formula is C12H15N3OS. The Bertz CT molecular complexity index is 480. The highest BCUT2D eigenvalue weighted by Crippen LogP contribution is 2.25. The van der Waals surface area contributed by atoms with Crippen LogP contribution < -0.4 is 5.73 Å². The summed E-state index contributed by atoms with van der Waals surface area (Å²) >= 11 is 1.67. The van der Waals surface area contributed by atoms with Gasteiger partial charge in [-0.05, 0) is 17.9 Å². The lowest BCUT2D eigenvalue weighted by molar-refractivity contribution is 0.311. The van der Waals surface area contributed by atoms with E-state index in [2.05, 4.69) is 10.1 Å². The molecular weight excluding hydrogens is 234 g/mol. The van der Waals surface area contributed by atoms with Gasteiger partial charge in [-0.3, -0.25) is 4.90 Å². The van der Waals surface area contributed by atoms with Gasteiger partial charge >= 0.3 is 0 Å².